The van der Waals surface area contributed by atoms with Gasteiger partial charge in [0.2, 0.25) is 11.8 Å². The van der Waals surface area contributed by atoms with E-state index in [4.69, 9.17) is 0 Å². The van der Waals surface area contributed by atoms with Gasteiger partial charge in [0.1, 0.15) is 5.75 Å². The third kappa shape index (κ3) is 3.19. The summed E-state index contributed by atoms with van der Waals surface area (Å²) in [6, 6.07) is 4.43. The summed E-state index contributed by atoms with van der Waals surface area (Å²) in [6.07, 6.45) is -4.47. The highest BCUT2D eigenvalue weighted by molar-refractivity contribution is 6.03. The fraction of sp³-hybridized carbons (Fsp3) is 0.400. The molecule has 0 saturated carbocycles. The Bertz CT molecular complexity index is 682. The van der Waals surface area contributed by atoms with Gasteiger partial charge in [-0.2, -0.15) is 0 Å². The number of hydrogen-bond donors (Lipinski definition) is 0. The van der Waals surface area contributed by atoms with Gasteiger partial charge in [-0.1, -0.05) is 6.07 Å². The van der Waals surface area contributed by atoms with Gasteiger partial charge < -0.3 is 9.64 Å². The van der Waals surface area contributed by atoms with Crippen molar-refractivity contribution in [2.45, 2.75) is 25.2 Å². The average molecular weight is 342 g/mol. The number of carbonyl (C=O) groups excluding carboxylic acids is 3. The Kier molecular flexibility index (Phi) is 3.94. The van der Waals surface area contributed by atoms with Gasteiger partial charge in [-0.05, 0) is 18.2 Å². The molecule has 0 N–H and O–H groups in total. The van der Waals surface area contributed by atoms with E-state index in [1.807, 2.05) is 0 Å². The van der Waals surface area contributed by atoms with E-state index in [-0.39, 0.29) is 49.4 Å². The highest BCUT2D eigenvalue weighted by atomic mass is 19.4. The third-order valence-corrected chi connectivity index (χ3v) is 3.92. The summed E-state index contributed by atoms with van der Waals surface area (Å²) in [5.74, 6) is -1.45. The lowest BCUT2D eigenvalue weighted by Gasteiger charge is -2.43. The van der Waals surface area contributed by atoms with Gasteiger partial charge in [-0.25, -0.2) is 0 Å². The number of halogens is 3. The van der Waals surface area contributed by atoms with Crippen LogP contribution in [0.25, 0.3) is 0 Å². The van der Waals surface area contributed by atoms with E-state index in [9.17, 15) is 27.6 Å². The zero-order chi connectivity index (χ0) is 17.5. The Morgan fingerprint density at radius 3 is 2.33 bits per heavy atom. The van der Waals surface area contributed by atoms with E-state index in [1.54, 1.807) is 0 Å². The molecule has 2 fully saturated rings. The van der Waals surface area contributed by atoms with Crippen LogP contribution in [0.5, 0.6) is 5.75 Å². The molecule has 9 heteroatoms. The Hall–Kier alpha value is -2.58. The molecule has 0 atom stereocenters. The fourth-order valence-electron chi connectivity index (χ4n) is 2.79. The van der Waals surface area contributed by atoms with Crippen LogP contribution in [0, 0.1) is 0 Å². The van der Waals surface area contributed by atoms with Crippen molar-refractivity contribution in [1.82, 2.24) is 9.80 Å². The van der Waals surface area contributed by atoms with Crippen LogP contribution in [0.15, 0.2) is 24.3 Å². The molecule has 24 heavy (non-hydrogen) atoms. The molecule has 2 saturated heterocycles. The smallest absolute Gasteiger partial charge is 0.406 e. The topological polar surface area (TPSA) is 66.9 Å². The molecule has 1 aromatic carbocycles. The summed E-state index contributed by atoms with van der Waals surface area (Å²) in [5.41, 5.74) is 0.0503. The van der Waals surface area contributed by atoms with Crippen molar-refractivity contribution in [2.24, 2.45) is 0 Å². The number of nitrogens with zero attached hydrogens (tertiary/aromatic N) is 2. The van der Waals surface area contributed by atoms with Crippen molar-refractivity contribution in [1.29, 1.82) is 0 Å². The monoisotopic (exact) mass is 342 g/mol. The average Bonchev–Trinajstić information content (AvgIpc) is 2.76. The highest BCUT2D eigenvalue weighted by Crippen LogP contribution is 2.26. The number of ether oxygens (including phenoxy) is 1. The number of amides is 3. The van der Waals surface area contributed by atoms with Gasteiger partial charge in [0.25, 0.3) is 5.91 Å². The third-order valence-electron chi connectivity index (χ3n) is 3.92. The Morgan fingerprint density at radius 1 is 1.12 bits per heavy atom. The molecule has 2 aliphatic heterocycles. The molecule has 2 heterocycles. The summed E-state index contributed by atoms with van der Waals surface area (Å²) in [6.45, 7) is 0.362. The zero-order valence-electron chi connectivity index (χ0n) is 12.4. The van der Waals surface area contributed by atoms with Crippen LogP contribution in [0.2, 0.25) is 0 Å². The minimum atomic E-state index is -4.83. The summed E-state index contributed by atoms with van der Waals surface area (Å²) in [7, 11) is 0. The summed E-state index contributed by atoms with van der Waals surface area (Å²) in [4.78, 5) is 38.1. The van der Waals surface area contributed by atoms with Gasteiger partial charge in [0, 0.05) is 31.5 Å². The predicted molar refractivity (Wildman–Crippen MR) is 73.9 cm³/mol. The van der Waals surface area contributed by atoms with Crippen molar-refractivity contribution in [3.63, 3.8) is 0 Å². The number of hydrogen-bond acceptors (Lipinski definition) is 4. The molecule has 0 radical (unpaired) electrons. The number of imide groups is 1. The molecule has 1 aromatic rings. The molecule has 3 amide bonds. The zero-order valence-corrected chi connectivity index (χ0v) is 12.4. The Balaban J connectivity index is 1.63. The predicted octanol–water partition coefficient (Wildman–Crippen LogP) is 1.56. The molecule has 2 aliphatic rings. The minimum absolute atomic E-state index is 0.0503. The van der Waals surface area contributed by atoms with E-state index >= 15 is 0 Å². The molecule has 6 nitrogen and oxygen atoms in total. The van der Waals surface area contributed by atoms with Crippen LogP contribution >= 0.6 is 0 Å². The first-order chi connectivity index (χ1) is 11.2. The second kappa shape index (κ2) is 5.81. The Labute approximate surface area is 134 Å². The molecule has 0 spiro atoms. The SMILES string of the molecule is O=C(c1cccc(OC(F)(F)F)c1)N1CC(N2C(=O)CCC2=O)C1. The van der Waals surface area contributed by atoms with Crippen molar-refractivity contribution >= 4 is 17.7 Å². The normalized spacial score (nSPS) is 18.8. The van der Waals surface area contributed by atoms with Crippen LogP contribution in [-0.2, 0) is 9.59 Å². The number of alkyl halides is 3. The van der Waals surface area contributed by atoms with Gasteiger partial charge in [0.15, 0.2) is 0 Å². The van der Waals surface area contributed by atoms with Crippen LogP contribution < -0.4 is 4.74 Å². The van der Waals surface area contributed by atoms with Crippen LogP contribution in [0.4, 0.5) is 13.2 Å². The second-order valence-corrected chi connectivity index (χ2v) is 5.60. The minimum Gasteiger partial charge on any atom is -0.406 e. The molecule has 0 aliphatic carbocycles. The van der Waals surface area contributed by atoms with Crippen LogP contribution in [0.3, 0.4) is 0 Å². The number of benzene rings is 1. The molecule has 3 rings (SSSR count). The van der Waals surface area contributed by atoms with Gasteiger partial charge in [-0.3, -0.25) is 19.3 Å². The fourth-order valence-corrected chi connectivity index (χ4v) is 2.79. The molecular formula is C15H13F3N2O4. The quantitative estimate of drug-likeness (QED) is 0.782. The standard InChI is InChI=1S/C15H13F3N2O4/c16-15(17,18)24-11-3-1-2-9(6-11)14(23)19-7-10(8-19)20-12(21)4-5-13(20)22/h1-3,6,10H,4-5,7-8H2. The molecule has 0 bridgehead atoms. The second-order valence-electron chi connectivity index (χ2n) is 5.60. The first kappa shape index (κ1) is 16.3. The van der Waals surface area contributed by atoms with Crippen molar-refractivity contribution < 1.29 is 32.3 Å². The maximum atomic E-state index is 12.3. The Morgan fingerprint density at radius 2 is 1.75 bits per heavy atom. The lowest BCUT2D eigenvalue weighted by molar-refractivity contribution is -0.274. The van der Waals surface area contributed by atoms with Gasteiger partial charge in [-0.15, -0.1) is 13.2 Å². The van der Waals surface area contributed by atoms with Gasteiger partial charge >= 0.3 is 6.36 Å². The van der Waals surface area contributed by atoms with E-state index < -0.39 is 18.0 Å². The largest absolute Gasteiger partial charge is 0.573 e. The first-order valence-corrected chi connectivity index (χ1v) is 7.24. The summed E-state index contributed by atoms with van der Waals surface area (Å²) < 4.78 is 40.4. The van der Waals surface area contributed by atoms with Gasteiger partial charge in [0.05, 0.1) is 6.04 Å². The first-order valence-electron chi connectivity index (χ1n) is 7.24. The number of likely N-dealkylation sites (tertiary alicyclic amines) is 2. The molecule has 0 unspecified atom stereocenters. The van der Waals surface area contributed by atoms with E-state index in [0.717, 1.165) is 12.1 Å². The highest BCUT2D eigenvalue weighted by Gasteiger charge is 2.43. The maximum absolute atomic E-state index is 12.3. The summed E-state index contributed by atoms with van der Waals surface area (Å²) in [5, 5.41) is 0. The number of rotatable bonds is 3. The van der Waals surface area contributed by atoms with Crippen molar-refractivity contribution in [3.8, 4) is 5.75 Å². The van der Waals surface area contributed by atoms with Crippen molar-refractivity contribution in [2.75, 3.05) is 13.1 Å². The summed E-state index contributed by atoms with van der Waals surface area (Å²) >= 11 is 0. The molecule has 128 valence electrons. The maximum Gasteiger partial charge on any atom is 0.573 e. The molecule has 0 aromatic heterocycles. The van der Waals surface area contributed by atoms with E-state index in [2.05, 4.69) is 4.74 Å². The van der Waals surface area contributed by atoms with E-state index in [0.29, 0.717) is 0 Å². The van der Waals surface area contributed by atoms with E-state index in [1.165, 1.54) is 21.9 Å². The van der Waals surface area contributed by atoms with Crippen LogP contribution in [-0.4, -0.2) is 53.0 Å². The van der Waals surface area contributed by atoms with Crippen LogP contribution in [0.1, 0.15) is 23.2 Å². The number of carbonyl (C=O) groups is 3. The van der Waals surface area contributed by atoms with Crippen molar-refractivity contribution in [3.05, 3.63) is 29.8 Å². The lowest BCUT2D eigenvalue weighted by Crippen LogP contribution is -2.62. The lowest BCUT2D eigenvalue weighted by atomic mass is 10.0. The molecular weight excluding hydrogens is 329 g/mol.